The molecule has 8 nitrogen and oxygen atoms in total. The van der Waals surface area contributed by atoms with Gasteiger partial charge in [0.15, 0.2) is 0 Å². The Labute approximate surface area is 104 Å². The van der Waals surface area contributed by atoms with E-state index in [-0.39, 0.29) is 29.8 Å². The molecule has 1 saturated heterocycles. The second kappa shape index (κ2) is 4.86. The first-order valence-electron chi connectivity index (χ1n) is 5.34. The van der Waals surface area contributed by atoms with E-state index >= 15 is 0 Å². The Hall–Kier alpha value is -1.74. The van der Waals surface area contributed by atoms with E-state index in [4.69, 9.17) is 5.73 Å². The van der Waals surface area contributed by atoms with Crippen molar-refractivity contribution in [2.45, 2.75) is 11.3 Å². The lowest BCUT2D eigenvalue weighted by atomic mass is 10.4. The second-order valence-electron chi connectivity index (χ2n) is 3.82. The highest BCUT2D eigenvalue weighted by molar-refractivity contribution is 7.89. The minimum absolute atomic E-state index is 0.00237. The maximum atomic E-state index is 12.2. The van der Waals surface area contributed by atoms with Crippen LogP contribution in [0.25, 0.3) is 0 Å². The van der Waals surface area contributed by atoms with Gasteiger partial charge in [-0.05, 0) is 6.42 Å². The van der Waals surface area contributed by atoms with Gasteiger partial charge in [0, 0.05) is 13.1 Å². The van der Waals surface area contributed by atoms with Crippen molar-refractivity contribution < 1.29 is 13.2 Å². The number of carbonyl (C=O) groups excluding carboxylic acids is 1. The molecule has 2 rings (SSSR count). The van der Waals surface area contributed by atoms with Crippen molar-refractivity contribution in [3.8, 4) is 0 Å². The normalized spacial score (nSPS) is 18.1. The number of nitrogen functional groups attached to an aromatic ring is 1. The van der Waals surface area contributed by atoms with E-state index in [0.29, 0.717) is 13.0 Å². The number of nitrogens with zero attached hydrogens (tertiary/aromatic N) is 3. The second-order valence-corrected chi connectivity index (χ2v) is 5.76. The van der Waals surface area contributed by atoms with Crippen molar-refractivity contribution in [3.63, 3.8) is 0 Å². The van der Waals surface area contributed by atoms with Gasteiger partial charge in [-0.3, -0.25) is 4.79 Å². The third kappa shape index (κ3) is 2.57. The molecule has 0 aliphatic carbocycles. The fourth-order valence-electron chi connectivity index (χ4n) is 1.59. The van der Waals surface area contributed by atoms with E-state index in [1.165, 1.54) is 0 Å². The van der Waals surface area contributed by atoms with Crippen LogP contribution < -0.4 is 11.1 Å². The zero-order valence-electron chi connectivity index (χ0n) is 9.54. The molecule has 0 aromatic carbocycles. The summed E-state index contributed by atoms with van der Waals surface area (Å²) in [6.07, 6.45) is 2.85. The van der Waals surface area contributed by atoms with Crippen LogP contribution in [0.5, 0.6) is 0 Å². The van der Waals surface area contributed by atoms with Gasteiger partial charge in [-0.25, -0.2) is 18.4 Å². The van der Waals surface area contributed by atoms with Crippen LogP contribution in [-0.2, 0) is 14.8 Å². The van der Waals surface area contributed by atoms with Gasteiger partial charge >= 0.3 is 0 Å². The van der Waals surface area contributed by atoms with Gasteiger partial charge in [-0.2, -0.15) is 4.31 Å². The Kier molecular flexibility index (Phi) is 3.43. The fourth-order valence-corrected chi connectivity index (χ4v) is 2.92. The van der Waals surface area contributed by atoms with Crippen LogP contribution in [0.15, 0.2) is 17.3 Å². The number of amides is 1. The Bertz CT molecular complexity index is 542. The van der Waals surface area contributed by atoms with E-state index in [1.807, 2.05) is 0 Å². The fraction of sp³-hybridized carbons (Fsp3) is 0.444. The van der Waals surface area contributed by atoms with Crippen molar-refractivity contribution in [2.24, 2.45) is 0 Å². The maximum absolute atomic E-state index is 12.2. The summed E-state index contributed by atoms with van der Waals surface area (Å²) >= 11 is 0. The highest BCUT2D eigenvalue weighted by Crippen LogP contribution is 2.15. The number of rotatable bonds is 2. The summed E-state index contributed by atoms with van der Waals surface area (Å²) in [7, 11) is -3.74. The van der Waals surface area contributed by atoms with E-state index in [9.17, 15) is 13.2 Å². The molecule has 9 heteroatoms. The molecule has 0 atom stereocenters. The van der Waals surface area contributed by atoms with Crippen LogP contribution in [0.1, 0.15) is 6.42 Å². The number of hydrogen-bond donors (Lipinski definition) is 2. The molecule has 0 bridgehead atoms. The van der Waals surface area contributed by atoms with Crippen LogP contribution in [0.3, 0.4) is 0 Å². The van der Waals surface area contributed by atoms with Gasteiger partial charge in [-0.1, -0.05) is 0 Å². The number of nitrogens with one attached hydrogen (secondary N) is 1. The Balaban J connectivity index is 2.29. The van der Waals surface area contributed by atoms with Crippen LogP contribution in [0.4, 0.5) is 5.95 Å². The van der Waals surface area contributed by atoms with Gasteiger partial charge in [0.1, 0.15) is 4.90 Å². The quantitative estimate of drug-likeness (QED) is 0.680. The molecule has 2 heterocycles. The minimum Gasteiger partial charge on any atom is -0.368 e. The standard InChI is InChI=1S/C9H13N5O3S/c10-9-12-4-7(5-13-9)18(16,17)14-3-1-2-11-8(15)6-14/h4-5H,1-3,6H2,(H,11,15)(H2,10,12,13). The van der Waals surface area contributed by atoms with Crippen molar-refractivity contribution in [1.29, 1.82) is 0 Å². The molecule has 0 saturated carbocycles. The van der Waals surface area contributed by atoms with Crippen LogP contribution in [0, 0.1) is 0 Å². The number of aromatic nitrogens is 2. The predicted octanol–water partition coefficient (Wildman–Crippen LogP) is -1.43. The first kappa shape index (κ1) is 12.7. The number of anilines is 1. The first-order valence-corrected chi connectivity index (χ1v) is 6.78. The Morgan fingerprint density at radius 2 is 2.00 bits per heavy atom. The summed E-state index contributed by atoms with van der Waals surface area (Å²) < 4.78 is 25.6. The van der Waals surface area contributed by atoms with E-state index in [0.717, 1.165) is 16.7 Å². The molecule has 0 radical (unpaired) electrons. The molecule has 1 aliphatic rings. The van der Waals surface area contributed by atoms with Gasteiger partial charge in [0.25, 0.3) is 0 Å². The summed E-state index contributed by atoms with van der Waals surface area (Å²) in [4.78, 5) is 18.6. The third-order valence-electron chi connectivity index (χ3n) is 2.51. The van der Waals surface area contributed by atoms with Gasteiger partial charge in [0.05, 0.1) is 18.9 Å². The number of nitrogens with two attached hydrogens (primary N) is 1. The van der Waals surface area contributed by atoms with E-state index < -0.39 is 10.0 Å². The van der Waals surface area contributed by atoms with E-state index in [1.54, 1.807) is 0 Å². The predicted molar refractivity (Wildman–Crippen MR) is 62.8 cm³/mol. The molecule has 1 aliphatic heterocycles. The average Bonchev–Trinajstić information content (AvgIpc) is 2.55. The highest BCUT2D eigenvalue weighted by atomic mass is 32.2. The van der Waals surface area contributed by atoms with Crippen molar-refractivity contribution in [1.82, 2.24) is 19.6 Å². The number of sulfonamides is 1. The zero-order valence-corrected chi connectivity index (χ0v) is 10.4. The molecule has 1 aromatic rings. The molecule has 3 N–H and O–H groups in total. The SMILES string of the molecule is Nc1ncc(S(=O)(=O)N2CCCNC(=O)C2)cn1. The van der Waals surface area contributed by atoms with Gasteiger partial charge < -0.3 is 11.1 Å². The monoisotopic (exact) mass is 271 g/mol. The smallest absolute Gasteiger partial charge is 0.246 e. The summed E-state index contributed by atoms with van der Waals surface area (Å²) in [5.74, 6) is -0.310. The lowest BCUT2D eigenvalue weighted by Gasteiger charge is -2.18. The summed E-state index contributed by atoms with van der Waals surface area (Å²) in [6, 6.07) is 0. The van der Waals surface area contributed by atoms with Crippen molar-refractivity contribution in [3.05, 3.63) is 12.4 Å². The lowest BCUT2D eigenvalue weighted by molar-refractivity contribution is -0.120. The lowest BCUT2D eigenvalue weighted by Crippen LogP contribution is -2.37. The zero-order chi connectivity index (χ0) is 13.2. The minimum atomic E-state index is -3.74. The molecule has 18 heavy (non-hydrogen) atoms. The van der Waals surface area contributed by atoms with Crippen LogP contribution in [0.2, 0.25) is 0 Å². The maximum Gasteiger partial charge on any atom is 0.246 e. The first-order chi connectivity index (χ1) is 8.50. The molecule has 98 valence electrons. The molecule has 1 amide bonds. The Morgan fingerprint density at radius 3 is 2.67 bits per heavy atom. The molecule has 0 spiro atoms. The van der Waals surface area contributed by atoms with Crippen molar-refractivity contribution in [2.75, 3.05) is 25.4 Å². The molecule has 0 unspecified atom stereocenters. The molecular formula is C9H13N5O3S. The molecular weight excluding hydrogens is 258 g/mol. The summed E-state index contributed by atoms with van der Waals surface area (Å²) in [5.41, 5.74) is 5.30. The molecule has 1 fully saturated rings. The van der Waals surface area contributed by atoms with Crippen LogP contribution in [-0.4, -0.2) is 48.2 Å². The highest BCUT2D eigenvalue weighted by Gasteiger charge is 2.28. The number of carbonyl (C=O) groups is 1. The van der Waals surface area contributed by atoms with Crippen LogP contribution >= 0.6 is 0 Å². The topological polar surface area (TPSA) is 118 Å². The number of hydrogen-bond acceptors (Lipinski definition) is 6. The summed E-state index contributed by atoms with van der Waals surface area (Å²) in [6.45, 7) is 0.571. The third-order valence-corrected chi connectivity index (χ3v) is 4.31. The van der Waals surface area contributed by atoms with Crippen molar-refractivity contribution >= 4 is 21.9 Å². The summed E-state index contributed by atoms with van der Waals surface area (Å²) in [5, 5.41) is 2.61. The van der Waals surface area contributed by atoms with Gasteiger partial charge in [0.2, 0.25) is 21.9 Å². The largest absolute Gasteiger partial charge is 0.368 e. The Morgan fingerprint density at radius 1 is 1.33 bits per heavy atom. The van der Waals surface area contributed by atoms with Gasteiger partial charge in [-0.15, -0.1) is 0 Å². The average molecular weight is 271 g/mol. The molecule has 1 aromatic heterocycles. The van der Waals surface area contributed by atoms with E-state index in [2.05, 4.69) is 15.3 Å².